The van der Waals surface area contributed by atoms with E-state index in [0.29, 0.717) is 0 Å². The second-order valence-corrected chi connectivity index (χ2v) is 3.69. The molecule has 0 aliphatic heterocycles. The predicted octanol–water partition coefficient (Wildman–Crippen LogP) is 3.99. The van der Waals surface area contributed by atoms with Gasteiger partial charge in [0.2, 0.25) is 0 Å². The maximum Gasteiger partial charge on any atom is 0.0696 e. The summed E-state index contributed by atoms with van der Waals surface area (Å²) in [5.41, 5.74) is 1.81. The Morgan fingerprint density at radius 1 is 1.43 bits per heavy atom. The van der Waals surface area contributed by atoms with Gasteiger partial charge in [0.25, 0.3) is 0 Å². The molecule has 0 saturated heterocycles. The van der Waals surface area contributed by atoms with Crippen LogP contribution in [0.4, 0.5) is 0 Å². The molecule has 0 N–H and O–H groups in total. The molecular weight excluding hydrogens is 238 g/mol. The number of hydrogen-bond donors (Lipinski definition) is 0. The van der Waals surface area contributed by atoms with E-state index in [9.17, 15) is 0 Å². The molecule has 2 heteroatoms. The summed E-state index contributed by atoms with van der Waals surface area (Å²) in [4.78, 5) is 4.24. The maximum atomic E-state index is 4.24. The highest BCUT2D eigenvalue weighted by molar-refractivity contribution is 9.10. The molecule has 1 nitrogen and oxygen atoms in total. The predicted molar refractivity (Wildman–Crippen MR) is 64.9 cm³/mol. The van der Waals surface area contributed by atoms with Gasteiger partial charge in [-0.3, -0.25) is 4.98 Å². The summed E-state index contributed by atoms with van der Waals surface area (Å²) in [6, 6.07) is 3.89. The standard InChI is InChI=1S/C12H12BrN/c1-3-4-5-6-10(2)12-8-7-11(13)9-14-12/h3-9H,2H2,1H3/b4-3-,6-5-. The van der Waals surface area contributed by atoms with Crippen LogP contribution in [0.15, 0.2) is 53.7 Å². The highest BCUT2D eigenvalue weighted by atomic mass is 79.9. The van der Waals surface area contributed by atoms with Gasteiger partial charge in [0.15, 0.2) is 0 Å². The van der Waals surface area contributed by atoms with Crippen molar-refractivity contribution >= 4 is 21.5 Å². The van der Waals surface area contributed by atoms with Gasteiger partial charge < -0.3 is 0 Å². The molecule has 0 unspecified atom stereocenters. The second-order valence-electron chi connectivity index (χ2n) is 2.77. The van der Waals surface area contributed by atoms with Crippen molar-refractivity contribution in [1.29, 1.82) is 0 Å². The zero-order valence-corrected chi connectivity index (χ0v) is 9.66. The molecule has 72 valence electrons. The van der Waals surface area contributed by atoms with Crippen molar-refractivity contribution in [2.75, 3.05) is 0 Å². The summed E-state index contributed by atoms with van der Waals surface area (Å²) >= 11 is 3.34. The van der Waals surface area contributed by atoms with E-state index >= 15 is 0 Å². The summed E-state index contributed by atoms with van der Waals surface area (Å²) in [6.45, 7) is 5.91. The van der Waals surface area contributed by atoms with E-state index in [0.717, 1.165) is 15.7 Å². The van der Waals surface area contributed by atoms with Gasteiger partial charge in [-0.25, -0.2) is 0 Å². The van der Waals surface area contributed by atoms with Crippen LogP contribution < -0.4 is 0 Å². The molecule has 0 spiro atoms. The van der Waals surface area contributed by atoms with Gasteiger partial charge in [-0.2, -0.15) is 0 Å². The minimum Gasteiger partial charge on any atom is -0.255 e. The van der Waals surface area contributed by atoms with E-state index in [2.05, 4.69) is 27.5 Å². The van der Waals surface area contributed by atoms with Crippen LogP contribution in [0.2, 0.25) is 0 Å². The largest absolute Gasteiger partial charge is 0.255 e. The lowest BCUT2D eigenvalue weighted by Gasteiger charge is -1.98. The Bertz CT molecular complexity index is 360. The monoisotopic (exact) mass is 249 g/mol. The first-order valence-corrected chi connectivity index (χ1v) is 5.13. The molecule has 0 aliphatic carbocycles. The van der Waals surface area contributed by atoms with Crippen LogP contribution in [0.3, 0.4) is 0 Å². The molecule has 1 heterocycles. The molecule has 1 rings (SSSR count). The minimum absolute atomic E-state index is 0.897. The first kappa shape index (κ1) is 10.9. The van der Waals surface area contributed by atoms with E-state index in [1.54, 1.807) is 6.20 Å². The average Bonchev–Trinajstić information content (AvgIpc) is 2.19. The molecule has 1 aromatic heterocycles. The fraction of sp³-hybridized carbons (Fsp3) is 0.0833. The van der Waals surface area contributed by atoms with Gasteiger partial charge in [-0.15, -0.1) is 0 Å². The van der Waals surface area contributed by atoms with Gasteiger partial charge in [-0.1, -0.05) is 30.9 Å². The molecule has 0 atom stereocenters. The van der Waals surface area contributed by atoms with Crippen molar-refractivity contribution in [2.24, 2.45) is 0 Å². The third-order valence-electron chi connectivity index (χ3n) is 1.66. The molecular formula is C12H12BrN. The first-order valence-electron chi connectivity index (χ1n) is 4.34. The van der Waals surface area contributed by atoms with E-state index < -0.39 is 0 Å². The van der Waals surface area contributed by atoms with E-state index in [4.69, 9.17) is 0 Å². The van der Waals surface area contributed by atoms with Crippen LogP contribution in [-0.2, 0) is 0 Å². The lowest BCUT2D eigenvalue weighted by atomic mass is 10.2. The van der Waals surface area contributed by atoms with Gasteiger partial charge in [0, 0.05) is 10.7 Å². The van der Waals surface area contributed by atoms with Gasteiger partial charge in [0.1, 0.15) is 0 Å². The summed E-state index contributed by atoms with van der Waals surface area (Å²) in [5.74, 6) is 0. The van der Waals surface area contributed by atoms with Gasteiger partial charge in [0.05, 0.1) is 5.69 Å². The average molecular weight is 250 g/mol. The fourth-order valence-corrected chi connectivity index (χ4v) is 1.17. The normalized spacial score (nSPS) is 11.3. The van der Waals surface area contributed by atoms with E-state index in [1.807, 2.05) is 43.4 Å². The summed E-state index contributed by atoms with van der Waals surface area (Å²) in [6.07, 6.45) is 9.59. The van der Waals surface area contributed by atoms with Gasteiger partial charge in [-0.05, 0) is 40.6 Å². The number of nitrogens with zero attached hydrogens (tertiary/aromatic N) is 1. The van der Waals surface area contributed by atoms with Crippen LogP contribution >= 0.6 is 15.9 Å². The van der Waals surface area contributed by atoms with Crippen molar-refractivity contribution in [3.05, 3.63) is 59.4 Å². The molecule has 0 fully saturated rings. The van der Waals surface area contributed by atoms with Gasteiger partial charge >= 0.3 is 0 Å². The summed E-state index contributed by atoms with van der Waals surface area (Å²) < 4.78 is 0.978. The topological polar surface area (TPSA) is 12.9 Å². The molecule has 1 aromatic rings. The molecule has 0 amide bonds. The molecule has 0 saturated carbocycles. The second kappa shape index (κ2) is 5.55. The SMILES string of the molecule is C=C(/C=C\C=C/C)c1ccc(Br)cn1. The van der Waals surface area contributed by atoms with Crippen LogP contribution in [-0.4, -0.2) is 4.98 Å². The Hall–Kier alpha value is -1.15. The Balaban J connectivity index is 2.75. The molecule has 0 radical (unpaired) electrons. The number of rotatable bonds is 3. The third-order valence-corrected chi connectivity index (χ3v) is 2.13. The Kier molecular flexibility index (Phi) is 4.33. The molecule has 14 heavy (non-hydrogen) atoms. The Morgan fingerprint density at radius 3 is 2.79 bits per heavy atom. The van der Waals surface area contributed by atoms with Crippen molar-refractivity contribution < 1.29 is 0 Å². The molecule has 0 bridgehead atoms. The van der Waals surface area contributed by atoms with Crippen molar-refractivity contribution in [2.45, 2.75) is 6.92 Å². The van der Waals surface area contributed by atoms with Crippen molar-refractivity contribution in [3.8, 4) is 0 Å². The summed E-state index contributed by atoms with van der Waals surface area (Å²) in [7, 11) is 0. The molecule has 0 aliphatic rings. The third kappa shape index (κ3) is 3.30. The first-order chi connectivity index (χ1) is 6.74. The molecule has 0 aromatic carbocycles. The zero-order valence-electron chi connectivity index (χ0n) is 8.07. The van der Waals surface area contributed by atoms with Crippen molar-refractivity contribution in [3.63, 3.8) is 0 Å². The number of halogens is 1. The summed E-state index contributed by atoms with van der Waals surface area (Å²) in [5, 5.41) is 0. The quantitative estimate of drug-likeness (QED) is 0.739. The van der Waals surface area contributed by atoms with E-state index in [-0.39, 0.29) is 0 Å². The maximum absolute atomic E-state index is 4.24. The fourth-order valence-electron chi connectivity index (χ4n) is 0.934. The highest BCUT2D eigenvalue weighted by Gasteiger charge is 1.95. The number of pyridine rings is 1. The lowest BCUT2D eigenvalue weighted by Crippen LogP contribution is -1.83. The van der Waals surface area contributed by atoms with Crippen molar-refractivity contribution in [1.82, 2.24) is 4.98 Å². The lowest BCUT2D eigenvalue weighted by molar-refractivity contribution is 1.27. The number of aromatic nitrogens is 1. The van der Waals surface area contributed by atoms with Crippen LogP contribution in [0.25, 0.3) is 5.57 Å². The minimum atomic E-state index is 0.897. The number of hydrogen-bond acceptors (Lipinski definition) is 1. The zero-order chi connectivity index (χ0) is 10.4. The van der Waals surface area contributed by atoms with E-state index in [1.165, 1.54) is 0 Å². The number of allylic oxidation sites excluding steroid dienone is 5. The van der Waals surface area contributed by atoms with Crippen LogP contribution in [0.5, 0.6) is 0 Å². The Morgan fingerprint density at radius 2 is 2.21 bits per heavy atom. The smallest absolute Gasteiger partial charge is 0.0696 e. The van der Waals surface area contributed by atoms with Crippen LogP contribution in [0.1, 0.15) is 12.6 Å². The van der Waals surface area contributed by atoms with Crippen LogP contribution in [0, 0.1) is 0 Å². The highest BCUT2D eigenvalue weighted by Crippen LogP contribution is 2.14. The Labute approximate surface area is 93.0 Å².